The molecule has 1 amide bonds. The number of carbonyl (C=O) groups excluding carboxylic acids is 1. The van der Waals surface area contributed by atoms with Crippen molar-refractivity contribution in [3.05, 3.63) is 41.6 Å². The first kappa shape index (κ1) is 12.7. The Kier molecular flexibility index (Phi) is 3.24. The maximum atomic E-state index is 12.0. The van der Waals surface area contributed by atoms with Gasteiger partial charge in [0, 0.05) is 11.6 Å². The fourth-order valence-electron chi connectivity index (χ4n) is 1.63. The van der Waals surface area contributed by atoms with Gasteiger partial charge in [-0.15, -0.1) is 0 Å². The lowest BCUT2D eigenvalue weighted by Gasteiger charge is -2.08. The van der Waals surface area contributed by atoms with Crippen LogP contribution in [0.2, 0.25) is 0 Å². The fourth-order valence-corrected chi connectivity index (χ4v) is 1.63. The normalized spacial score (nSPS) is 10.2. The van der Waals surface area contributed by atoms with Crippen molar-refractivity contribution < 1.29 is 15.0 Å². The van der Waals surface area contributed by atoms with Gasteiger partial charge in [0.05, 0.1) is 11.9 Å². The molecule has 2 rings (SSSR count). The predicted octanol–water partition coefficient (Wildman–Crippen LogP) is 1.64. The molecule has 0 atom stereocenters. The number of anilines is 2. The Morgan fingerprint density at radius 1 is 1.21 bits per heavy atom. The number of amides is 1. The summed E-state index contributed by atoms with van der Waals surface area (Å²) in [5.74, 6) is -0.479. The van der Waals surface area contributed by atoms with Crippen LogP contribution in [-0.2, 0) is 0 Å². The summed E-state index contributed by atoms with van der Waals surface area (Å²) >= 11 is 0. The summed E-state index contributed by atoms with van der Waals surface area (Å²) in [6, 6.07) is 5.33. The Labute approximate surface area is 109 Å². The summed E-state index contributed by atoms with van der Waals surface area (Å²) in [6.45, 7) is 1.76. The highest BCUT2D eigenvalue weighted by Gasteiger charge is 2.11. The number of nitrogen functional groups attached to an aromatic ring is 1. The summed E-state index contributed by atoms with van der Waals surface area (Å²) < 4.78 is 0. The zero-order chi connectivity index (χ0) is 14.0. The third-order valence-corrected chi connectivity index (χ3v) is 2.50. The Balaban J connectivity index is 2.25. The van der Waals surface area contributed by atoms with Gasteiger partial charge in [-0.1, -0.05) is 0 Å². The number of nitrogens with two attached hydrogens (primary N) is 1. The summed E-state index contributed by atoms with van der Waals surface area (Å²) in [7, 11) is 0. The van der Waals surface area contributed by atoms with Crippen molar-refractivity contribution in [2.75, 3.05) is 11.1 Å². The molecule has 5 N–H and O–H groups in total. The lowest BCUT2D eigenvalue weighted by Crippen LogP contribution is -2.14. The van der Waals surface area contributed by atoms with Crippen LogP contribution in [0.5, 0.6) is 11.5 Å². The van der Waals surface area contributed by atoms with E-state index in [1.807, 2.05) is 0 Å². The Morgan fingerprint density at radius 2 is 1.84 bits per heavy atom. The molecule has 0 unspecified atom stereocenters. The van der Waals surface area contributed by atoms with Gasteiger partial charge in [-0.2, -0.15) is 0 Å². The van der Waals surface area contributed by atoms with E-state index in [2.05, 4.69) is 10.3 Å². The molecule has 0 bridgehead atoms. The highest BCUT2D eigenvalue weighted by molar-refractivity contribution is 6.04. The Bertz CT molecular complexity index is 621. The minimum Gasteiger partial charge on any atom is -0.508 e. The van der Waals surface area contributed by atoms with Crippen molar-refractivity contribution in [2.45, 2.75) is 6.92 Å². The number of aromatic nitrogens is 1. The van der Waals surface area contributed by atoms with E-state index in [0.29, 0.717) is 11.5 Å². The molecule has 1 aromatic heterocycles. The largest absolute Gasteiger partial charge is 0.508 e. The van der Waals surface area contributed by atoms with Crippen LogP contribution in [0.4, 0.5) is 11.5 Å². The minimum absolute atomic E-state index is 0.135. The van der Waals surface area contributed by atoms with Gasteiger partial charge >= 0.3 is 0 Å². The number of rotatable bonds is 2. The van der Waals surface area contributed by atoms with Crippen molar-refractivity contribution in [2.24, 2.45) is 0 Å². The molecule has 1 aromatic carbocycles. The maximum absolute atomic E-state index is 12.0. The first-order valence-corrected chi connectivity index (χ1v) is 5.52. The van der Waals surface area contributed by atoms with Crippen LogP contribution in [0.1, 0.15) is 15.9 Å². The van der Waals surface area contributed by atoms with Crippen molar-refractivity contribution in [3.63, 3.8) is 0 Å². The quantitative estimate of drug-likeness (QED) is 0.655. The van der Waals surface area contributed by atoms with Crippen molar-refractivity contribution in [3.8, 4) is 11.5 Å². The summed E-state index contributed by atoms with van der Waals surface area (Å²) in [5.41, 5.74) is 6.93. The number of nitrogens with zero attached hydrogens (tertiary/aromatic N) is 1. The average Bonchev–Trinajstić information content (AvgIpc) is 2.31. The monoisotopic (exact) mass is 259 g/mol. The molecule has 6 heteroatoms. The number of carbonyl (C=O) groups is 1. The molecule has 1 heterocycles. The van der Waals surface area contributed by atoms with Gasteiger partial charge in [0.15, 0.2) is 0 Å². The van der Waals surface area contributed by atoms with E-state index >= 15 is 0 Å². The van der Waals surface area contributed by atoms with Gasteiger partial charge in [0.2, 0.25) is 0 Å². The molecule has 0 radical (unpaired) electrons. The molecule has 0 saturated carbocycles. The van der Waals surface area contributed by atoms with Crippen LogP contribution < -0.4 is 11.1 Å². The highest BCUT2D eigenvalue weighted by atomic mass is 16.3. The Hall–Kier alpha value is -2.76. The second kappa shape index (κ2) is 4.85. The van der Waals surface area contributed by atoms with Crippen LogP contribution in [0, 0.1) is 6.92 Å². The number of phenolic OH excluding ortho intramolecular Hbond substituents is 2. The third kappa shape index (κ3) is 2.92. The van der Waals surface area contributed by atoms with E-state index in [1.54, 1.807) is 13.0 Å². The average molecular weight is 259 g/mol. The van der Waals surface area contributed by atoms with E-state index in [9.17, 15) is 15.0 Å². The maximum Gasteiger partial charge on any atom is 0.257 e. The molecular formula is C13H13N3O3. The molecule has 2 aromatic rings. The molecule has 0 aliphatic rings. The van der Waals surface area contributed by atoms with E-state index in [4.69, 9.17) is 5.73 Å². The summed E-state index contributed by atoms with van der Waals surface area (Å²) in [6.07, 6.45) is 1.43. The number of phenols is 2. The number of aromatic hydroxyl groups is 2. The van der Waals surface area contributed by atoms with Crippen LogP contribution in [0.25, 0.3) is 0 Å². The number of hydrogen-bond donors (Lipinski definition) is 4. The predicted molar refractivity (Wildman–Crippen MR) is 71.1 cm³/mol. The second-order valence-corrected chi connectivity index (χ2v) is 4.13. The summed E-state index contributed by atoms with van der Waals surface area (Å²) in [4.78, 5) is 16.0. The number of nitrogens with one attached hydrogen (secondary N) is 1. The van der Waals surface area contributed by atoms with E-state index in [1.165, 1.54) is 18.3 Å². The van der Waals surface area contributed by atoms with Gasteiger partial charge in [-0.05, 0) is 30.7 Å². The molecule has 6 nitrogen and oxygen atoms in total. The number of hydrogen-bond acceptors (Lipinski definition) is 5. The van der Waals surface area contributed by atoms with Crippen LogP contribution in [0.15, 0.2) is 30.5 Å². The van der Waals surface area contributed by atoms with E-state index in [-0.39, 0.29) is 17.1 Å². The lowest BCUT2D eigenvalue weighted by atomic mass is 10.2. The van der Waals surface area contributed by atoms with Gasteiger partial charge in [-0.25, -0.2) is 4.98 Å². The molecular weight excluding hydrogens is 246 g/mol. The van der Waals surface area contributed by atoms with Crippen LogP contribution >= 0.6 is 0 Å². The summed E-state index contributed by atoms with van der Waals surface area (Å²) in [5, 5.41) is 21.2. The van der Waals surface area contributed by atoms with Gasteiger partial charge in [0.1, 0.15) is 17.3 Å². The smallest absolute Gasteiger partial charge is 0.257 e. The molecule has 98 valence electrons. The SMILES string of the molecule is Cc1cc(N)cnc1NC(=O)c1cc(O)cc(O)c1. The van der Waals surface area contributed by atoms with Gasteiger partial charge in [0.25, 0.3) is 5.91 Å². The zero-order valence-corrected chi connectivity index (χ0v) is 10.2. The first-order valence-electron chi connectivity index (χ1n) is 5.52. The minimum atomic E-state index is -0.480. The molecule has 0 fully saturated rings. The van der Waals surface area contributed by atoms with E-state index < -0.39 is 5.91 Å². The lowest BCUT2D eigenvalue weighted by molar-refractivity contribution is 0.102. The molecule has 0 saturated heterocycles. The van der Waals surface area contributed by atoms with Crippen LogP contribution in [0.3, 0.4) is 0 Å². The number of aryl methyl sites for hydroxylation is 1. The van der Waals surface area contributed by atoms with Gasteiger partial charge in [-0.3, -0.25) is 4.79 Å². The molecule has 0 spiro atoms. The van der Waals surface area contributed by atoms with Crippen LogP contribution in [-0.4, -0.2) is 21.1 Å². The number of benzene rings is 1. The van der Waals surface area contributed by atoms with Crippen molar-refractivity contribution >= 4 is 17.4 Å². The highest BCUT2D eigenvalue weighted by Crippen LogP contribution is 2.21. The zero-order valence-electron chi connectivity index (χ0n) is 10.2. The number of pyridine rings is 1. The molecule has 0 aliphatic heterocycles. The van der Waals surface area contributed by atoms with Crippen molar-refractivity contribution in [1.82, 2.24) is 4.98 Å². The topological polar surface area (TPSA) is 108 Å². The Morgan fingerprint density at radius 3 is 2.42 bits per heavy atom. The second-order valence-electron chi connectivity index (χ2n) is 4.13. The first-order chi connectivity index (χ1) is 8.95. The molecule has 19 heavy (non-hydrogen) atoms. The standard InChI is InChI=1S/C13H13N3O3/c1-7-2-9(14)6-15-12(7)16-13(19)8-3-10(17)5-11(18)4-8/h2-6,17-18H,14H2,1H3,(H,15,16,19). The third-order valence-electron chi connectivity index (χ3n) is 2.50. The van der Waals surface area contributed by atoms with E-state index in [0.717, 1.165) is 11.6 Å². The van der Waals surface area contributed by atoms with Crippen molar-refractivity contribution in [1.29, 1.82) is 0 Å². The van der Waals surface area contributed by atoms with Gasteiger partial charge < -0.3 is 21.3 Å². The fraction of sp³-hybridized carbons (Fsp3) is 0.0769. The molecule has 0 aliphatic carbocycles.